The van der Waals surface area contributed by atoms with Gasteiger partial charge in [-0.05, 0) is 26.0 Å². The molecule has 1 N–H and O–H groups in total. The van der Waals surface area contributed by atoms with Crippen LogP contribution >= 0.6 is 11.3 Å². The average Bonchev–Trinajstić information content (AvgIpc) is 2.84. The summed E-state index contributed by atoms with van der Waals surface area (Å²) in [6.45, 7) is 3.60. The molecule has 2 heterocycles. The second-order valence-corrected chi connectivity index (χ2v) is 5.74. The number of aromatic nitrogens is 1. The number of benzene rings is 1. The number of halogens is 2. The first kappa shape index (κ1) is 14.5. The Morgan fingerprint density at radius 2 is 2.00 bits per heavy atom. The summed E-state index contributed by atoms with van der Waals surface area (Å²) in [4.78, 5) is 15.4. The van der Waals surface area contributed by atoms with E-state index in [1.807, 2.05) is 6.92 Å². The van der Waals surface area contributed by atoms with Crippen LogP contribution in [0.3, 0.4) is 0 Å². The first-order chi connectivity index (χ1) is 10.3. The quantitative estimate of drug-likeness (QED) is 0.873. The van der Waals surface area contributed by atoms with Crippen LogP contribution in [0.25, 0.3) is 5.69 Å². The highest BCUT2D eigenvalue weighted by Gasteiger charge is 2.43. The van der Waals surface area contributed by atoms with Gasteiger partial charge in [0.25, 0.3) is 0 Å². The van der Waals surface area contributed by atoms with E-state index in [9.17, 15) is 13.6 Å². The Hall–Kier alpha value is -2.42. The van der Waals surface area contributed by atoms with E-state index >= 15 is 0 Å². The molecule has 6 nitrogen and oxygen atoms in total. The van der Waals surface area contributed by atoms with E-state index < -0.39 is 12.4 Å². The van der Waals surface area contributed by atoms with Gasteiger partial charge in [0.1, 0.15) is 0 Å². The van der Waals surface area contributed by atoms with E-state index in [0.717, 1.165) is 10.6 Å². The second kappa shape index (κ2) is 4.80. The molecule has 116 valence electrons. The zero-order valence-electron chi connectivity index (χ0n) is 11.5. The third-order valence-electron chi connectivity index (χ3n) is 3.11. The monoisotopic (exact) mass is 328 g/mol. The van der Waals surface area contributed by atoms with E-state index in [1.54, 1.807) is 11.5 Å². The van der Waals surface area contributed by atoms with Gasteiger partial charge in [-0.2, -0.15) is 0 Å². The number of alkyl halides is 2. The topological polar surface area (TPSA) is 73.0 Å². The Kier molecular flexibility index (Phi) is 3.17. The zero-order chi connectivity index (χ0) is 16.1. The summed E-state index contributed by atoms with van der Waals surface area (Å²) in [6.07, 6.45) is -5.03. The number of hydrogen-bond donors (Lipinski definition) is 1. The predicted molar refractivity (Wildman–Crippen MR) is 72.9 cm³/mol. The summed E-state index contributed by atoms with van der Waals surface area (Å²) in [6, 6.07) is 4.23. The van der Waals surface area contributed by atoms with Crippen LogP contribution in [0.1, 0.15) is 10.6 Å². The van der Waals surface area contributed by atoms with Gasteiger partial charge in [0, 0.05) is 16.6 Å². The molecule has 3 rings (SSSR count). The van der Waals surface area contributed by atoms with Gasteiger partial charge >= 0.3 is 12.4 Å². The Morgan fingerprint density at radius 1 is 1.32 bits per heavy atom. The summed E-state index contributed by atoms with van der Waals surface area (Å²) >= 11 is 1.19. The highest BCUT2D eigenvalue weighted by atomic mass is 32.1. The number of aryl methyl sites for hydroxylation is 1. The van der Waals surface area contributed by atoms with Crippen LogP contribution in [0.4, 0.5) is 13.6 Å². The van der Waals surface area contributed by atoms with Gasteiger partial charge in [0.15, 0.2) is 11.5 Å². The van der Waals surface area contributed by atoms with Gasteiger partial charge in [-0.25, -0.2) is 4.79 Å². The lowest BCUT2D eigenvalue weighted by Gasteiger charge is -2.07. The fourth-order valence-corrected chi connectivity index (χ4v) is 3.06. The van der Waals surface area contributed by atoms with E-state index in [1.165, 1.54) is 29.5 Å². The van der Waals surface area contributed by atoms with Crippen LogP contribution in [0.2, 0.25) is 0 Å². The number of carboxylic acid groups (broad SMARTS) is 1. The first-order valence-electron chi connectivity index (χ1n) is 6.14. The number of carbonyl (C=O) groups is 1. The SMILES string of the molecule is Cc1sc(=NC(=O)O)n(-c2ccc3c(c2)OC(F)(F)O3)c1C. The van der Waals surface area contributed by atoms with Crippen LogP contribution in [0.15, 0.2) is 23.2 Å². The summed E-state index contributed by atoms with van der Waals surface area (Å²) in [5, 5.41) is 8.84. The molecule has 22 heavy (non-hydrogen) atoms. The van der Waals surface area contributed by atoms with Crippen molar-refractivity contribution in [2.45, 2.75) is 20.1 Å². The summed E-state index contributed by atoms with van der Waals surface area (Å²) < 4.78 is 36.4. The fourth-order valence-electron chi connectivity index (χ4n) is 2.09. The van der Waals surface area contributed by atoms with Gasteiger partial charge < -0.3 is 14.6 Å². The number of amides is 1. The molecule has 0 unspecified atom stereocenters. The maximum atomic E-state index is 13.1. The van der Waals surface area contributed by atoms with Gasteiger partial charge in [0.2, 0.25) is 4.80 Å². The molecule has 0 spiro atoms. The molecular weight excluding hydrogens is 318 g/mol. The van der Waals surface area contributed by atoms with Crippen molar-refractivity contribution in [3.63, 3.8) is 0 Å². The molecule has 0 aliphatic carbocycles. The highest BCUT2D eigenvalue weighted by molar-refractivity contribution is 7.09. The summed E-state index contributed by atoms with van der Waals surface area (Å²) in [5.74, 6) is -0.185. The smallest absolute Gasteiger partial charge is 0.463 e. The zero-order valence-corrected chi connectivity index (χ0v) is 12.3. The van der Waals surface area contributed by atoms with Crippen LogP contribution < -0.4 is 14.3 Å². The lowest BCUT2D eigenvalue weighted by Crippen LogP contribution is -2.25. The molecule has 0 saturated heterocycles. The minimum Gasteiger partial charge on any atom is -0.463 e. The van der Waals surface area contributed by atoms with Crippen molar-refractivity contribution >= 4 is 17.4 Å². The Labute approximate surface area is 126 Å². The van der Waals surface area contributed by atoms with Crippen molar-refractivity contribution in [1.29, 1.82) is 0 Å². The number of rotatable bonds is 1. The Bertz CT molecular complexity index is 841. The van der Waals surface area contributed by atoms with Crippen molar-refractivity contribution in [2.24, 2.45) is 4.99 Å². The number of thiazole rings is 1. The normalized spacial score (nSPS) is 16.1. The largest absolute Gasteiger partial charge is 0.586 e. The standard InChI is InChI=1S/C13H10F2N2O4S/c1-6-7(2)22-11(16-12(18)19)17(6)8-3-4-9-10(5-8)21-13(14,15)20-9/h3-5H,1-2H3,(H,18,19). The molecule has 1 aliphatic heterocycles. The van der Waals surface area contributed by atoms with Crippen LogP contribution in [0, 0.1) is 13.8 Å². The van der Waals surface area contributed by atoms with Gasteiger partial charge in [0.05, 0.1) is 5.69 Å². The summed E-state index contributed by atoms with van der Waals surface area (Å²) in [7, 11) is 0. The first-order valence-corrected chi connectivity index (χ1v) is 6.95. The van der Waals surface area contributed by atoms with Crippen molar-refractivity contribution in [3.8, 4) is 17.2 Å². The fraction of sp³-hybridized carbons (Fsp3) is 0.231. The third kappa shape index (κ3) is 2.43. The number of nitrogens with zero attached hydrogens (tertiary/aromatic N) is 2. The lowest BCUT2D eigenvalue weighted by atomic mass is 10.2. The second-order valence-electron chi connectivity index (χ2n) is 4.55. The van der Waals surface area contributed by atoms with E-state index in [4.69, 9.17) is 5.11 Å². The van der Waals surface area contributed by atoms with Gasteiger partial charge in [-0.3, -0.25) is 4.57 Å². The molecule has 1 amide bonds. The van der Waals surface area contributed by atoms with Crippen molar-refractivity contribution < 1.29 is 28.2 Å². The molecule has 0 fully saturated rings. The molecule has 0 radical (unpaired) electrons. The minimum atomic E-state index is -3.69. The number of fused-ring (bicyclic) bond motifs is 1. The van der Waals surface area contributed by atoms with Gasteiger partial charge in [-0.15, -0.1) is 25.1 Å². The molecule has 0 bridgehead atoms. The highest BCUT2D eigenvalue weighted by Crippen LogP contribution is 2.41. The molecule has 0 atom stereocenters. The molecule has 1 aromatic carbocycles. The maximum absolute atomic E-state index is 13.1. The number of hydrogen-bond acceptors (Lipinski definition) is 4. The van der Waals surface area contributed by atoms with Crippen LogP contribution in [-0.4, -0.2) is 22.1 Å². The molecule has 0 saturated carbocycles. The average molecular weight is 328 g/mol. The maximum Gasteiger partial charge on any atom is 0.586 e. The van der Waals surface area contributed by atoms with Crippen molar-refractivity contribution in [2.75, 3.05) is 0 Å². The predicted octanol–water partition coefficient (Wildman–Crippen LogP) is 3.06. The van der Waals surface area contributed by atoms with Gasteiger partial charge in [-0.1, -0.05) is 0 Å². The van der Waals surface area contributed by atoms with Crippen LogP contribution in [0.5, 0.6) is 11.5 Å². The van der Waals surface area contributed by atoms with E-state index in [-0.39, 0.29) is 16.3 Å². The van der Waals surface area contributed by atoms with E-state index in [2.05, 4.69) is 14.5 Å². The summed E-state index contributed by atoms with van der Waals surface area (Å²) in [5.41, 5.74) is 1.22. The lowest BCUT2D eigenvalue weighted by molar-refractivity contribution is -0.286. The third-order valence-corrected chi connectivity index (χ3v) is 4.17. The molecule has 2 aromatic rings. The molecule has 1 aliphatic rings. The van der Waals surface area contributed by atoms with Crippen molar-refractivity contribution in [3.05, 3.63) is 33.6 Å². The minimum absolute atomic E-state index is 0.0734. The number of ether oxygens (including phenoxy) is 2. The molecular formula is C13H10F2N2O4S. The van der Waals surface area contributed by atoms with Crippen LogP contribution in [-0.2, 0) is 0 Å². The Balaban J connectivity index is 2.16. The molecule has 9 heteroatoms. The molecule has 1 aromatic heterocycles. The van der Waals surface area contributed by atoms with Crippen molar-refractivity contribution in [1.82, 2.24) is 4.57 Å². The Morgan fingerprint density at radius 3 is 2.68 bits per heavy atom. The van der Waals surface area contributed by atoms with E-state index in [0.29, 0.717) is 5.69 Å².